The van der Waals surface area contributed by atoms with Crippen LogP contribution in [0, 0.1) is 5.41 Å². The second-order valence-electron chi connectivity index (χ2n) is 8.01. The molecule has 3 aliphatic rings. The van der Waals surface area contributed by atoms with E-state index in [0.717, 1.165) is 17.0 Å². The lowest BCUT2D eigenvalue weighted by Crippen LogP contribution is -2.73. The molecule has 2 unspecified atom stereocenters. The summed E-state index contributed by atoms with van der Waals surface area (Å²) in [7, 11) is 0. The van der Waals surface area contributed by atoms with Gasteiger partial charge in [-0.1, -0.05) is 18.2 Å². The van der Waals surface area contributed by atoms with Crippen molar-refractivity contribution < 1.29 is 27.6 Å². The summed E-state index contributed by atoms with van der Waals surface area (Å²) in [5.74, 6) is -0.320. The minimum Gasteiger partial charge on any atom is -0.365 e. The number of halogens is 3. The van der Waals surface area contributed by atoms with E-state index in [1.165, 1.54) is 6.07 Å². The fraction of sp³-hybridized carbons (Fsp3) is 0.318. The zero-order valence-corrected chi connectivity index (χ0v) is 17.5. The molecule has 2 fully saturated rings. The molecule has 3 heterocycles. The first-order valence-electron chi connectivity index (χ1n) is 10.0. The quantitative estimate of drug-likeness (QED) is 0.659. The Balaban J connectivity index is 1.67. The van der Waals surface area contributed by atoms with Gasteiger partial charge in [0.15, 0.2) is 5.41 Å². The smallest absolute Gasteiger partial charge is 0.365 e. The van der Waals surface area contributed by atoms with Crippen molar-refractivity contribution >= 4 is 41.0 Å². The molecule has 10 heteroatoms. The number of thioether (sulfide) groups is 1. The van der Waals surface area contributed by atoms with E-state index in [0.29, 0.717) is 29.4 Å². The van der Waals surface area contributed by atoms with Gasteiger partial charge < -0.3 is 4.90 Å². The van der Waals surface area contributed by atoms with E-state index in [9.17, 15) is 27.6 Å². The summed E-state index contributed by atoms with van der Waals surface area (Å²) in [4.78, 5) is 42.6. The number of alkyl halides is 3. The van der Waals surface area contributed by atoms with Crippen LogP contribution >= 0.6 is 11.8 Å². The van der Waals surface area contributed by atoms with E-state index >= 15 is 0 Å². The average molecular weight is 461 g/mol. The number of para-hydroxylation sites is 1. The first kappa shape index (κ1) is 20.9. The summed E-state index contributed by atoms with van der Waals surface area (Å²) >= 11 is 1.57. The largest absolute Gasteiger partial charge is 0.416 e. The van der Waals surface area contributed by atoms with Gasteiger partial charge in [-0.25, -0.2) is 9.69 Å². The number of urea groups is 1. The van der Waals surface area contributed by atoms with Crippen LogP contribution in [-0.4, -0.2) is 41.9 Å². The second kappa shape index (κ2) is 7.26. The Morgan fingerprint density at radius 3 is 2.53 bits per heavy atom. The van der Waals surface area contributed by atoms with Gasteiger partial charge in [0.25, 0.3) is 5.91 Å². The molecular weight excluding hydrogens is 443 g/mol. The number of amides is 4. The number of carbonyl (C=O) groups excluding carboxylic acids is 3. The van der Waals surface area contributed by atoms with Crippen LogP contribution in [0.5, 0.6) is 0 Å². The van der Waals surface area contributed by atoms with E-state index in [-0.39, 0.29) is 12.0 Å². The molecule has 2 atom stereocenters. The highest BCUT2D eigenvalue weighted by Crippen LogP contribution is 2.48. The van der Waals surface area contributed by atoms with Crippen LogP contribution in [0.3, 0.4) is 0 Å². The number of benzene rings is 2. The summed E-state index contributed by atoms with van der Waals surface area (Å²) < 4.78 is 40.2. The zero-order valence-electron chi connectivity index (χ0n) is 16.7. The number of nitrogens with zero attached hydrogens (tertiary/aromatic N) is 2. The molecule has 32 heavy (non-hydrogen) atoms. The zero-order chi connectivity index (χ0) is 22.7. The Morgan fingerprint density at radius 2 is 1.81 bits per heavy atom. The molecule has 0 saturated carbocycles. The lowest BCUT2D eigenvalue weighted by Gasteiger charge is -2.53. The van der Waals surface area contributed by atoms with Crippen LogP contribution in [0.15, 0.2) is 48.5 Å². The highest BCUT2D eigenvalue weighted by molar-refractivity contribution is 7.99. The van der Waals surface area contributed by atoms with E-state index in [4.69, 9.17) is 0 Å². The third-order valence-corrected chi connectivity index (χ3v) is 7.33. The van der Waals surface area contributed by atoms with Crippen molar-refractivity contribution in [3.05, 3.63) is 59.7 Å². The van der Waals surface area contributed by atoms with E-state index in [1.54, 1.807) is 42.1 Å². The summed E-state index contributed by atoms with van der Waals surface area (Å²) in [6.07, 6.45) is -4.77. The lowest BCUT2D eigenvalue weighted by atomic mass is 9.68. The van der Waals surface area contributed by atoms with E-state index in [2.05, 4.69) is 5.32 Å². The molecule has 0 aliphatic carbocycles. The standard InChI is InChI=1S/C22H18F3N3O3S/c23-22(24,25)14-6-7-16-13(10-14)11-21(17-12-32-9-8-27(16)17)18(29)26-20(31)28(19(21)30)15-4-2-1-3-5-15/h1-7,10,17H,8-9,11-12H2,(H,26,29,31). The Kier molecular flexibility index (Phi) is 4.74. The third-order valence-electron chi connectivity index (χ3n) is 6.31. The Hall–Kier alpha value is -3.01. The van der Waals surface area contributed by atoms with Gasteiger partial charge in [-0.05, 0) is 42.3 Å². The van der Waals surface area contributed by atoms with Gasteiger partial charge in [-0.3, -0.25) is 14.9 Å². The molecule has 1 spiro atoms. The van der Waals surface area contributed by atoms with Crippen molar-refractivity contribution in [3.63, 3.8) is 0 Å². The second-order valence-corrected chi connectivity index (χ2v) is 9.16. The number of imide groups is 2. The van der Waals surface area contributed by atoms with Gasteiger partial charge in [0.1, 0.15) is 0 Å². The molecule has 166 valence electrons. The van der Waals surface area contributed by atoms with E-state index < -0.39 is 41.0 Å². The van der Waals surface area contributed by atoms with Crippen LogP contribution in [0.2, 0.25) is 0 Å². The molecule has 0 bridgehead atoms. The number of rotatable bonds is 1. The van der Waals surface area contributed by atoms with Crippen molar-refractivity contribution in [2.45, 2.75) is 18.6 Å². The molecule has 2 aromatic carbocycles. The molecule has 0 aromatic heterocycles. The average Bonchev–Trinajstić information content (AvgIpc) is 2.77. The van der Waals surface area contributed by atoms with Crippen molar-refractivity contribution in [2.24, 2.45) is 5.41 Å². The van der Waals surface area contributed by atoms with Gasteiger partial charge in [-0.2, -0.15) is 24.9 Å². The molecule has 3 aliphatic heterocycles. The number of hydrogen-bond acceptors (Lipinski definition) is 5. The third kappa shape index (κ3) is 3.00. The first-order chi connectivity index (χ1) is 15.2. The summed E-state index contributed by atoms with van der Waals surface area (Å²) in [5, 5.41) is 2.30. The summed E-state index contributed by atoms with van der Waals surface area (Å²) in [6.45, 7) is 0.481. The van der Waals surface area contributed by atoms with Crippen molar-refractivity contribution in [2.75, 3.05) is 27.9 Å². The predicted molar refractivity (Wildman–Crippen MR) is 114 cm³/mol. The van der Waals surface area contributed by atoms with Crippen LogP contribution in [0.1, 0.15) is 11.1 Å². The number of nitrogens with one attached hydrogen (secondary N) is 1. The van der Waals surface area contributed by atoms with Crippen molar-refractivity contribution in [1.29, 1.82) is 0 Å². The number of fused-ring (bicyclic) bond motifs is 4. The van der Waals surface area contributed by atoms with E-state index in [1.807, 2.05) is 4.90 Å². The number of barbiturate groups is 1. The lowest BCUT2D eigenvalue weighted by molar-refractivity contribution is -0.144. The number of carbonyl (C=O) groups is 3. The Bertz CT molecular complexity index is 1120. The first-order valence-corrected chi connectivity index (χ1v) is 11.2. The van der Waals surface area contributed by atoms with Crippen LogP contribution in [0.4, 0.5) is 29.3 Å². The Labute approximate surface area is 185 Å². The minimum atomic E-state index is -4.55. The van der Waals surface area contributed by atoms with Gasteiger partial charge in [0.05, 0.1) is 17.3 Å². The van der Waals surface area contributed by atoms with Crippen LogP contribution in [0.25, 0.3) is 0 Å². The highest BCUT2D eigenvalue weighted by Gasteiger charge is 2.62. The van der Waals surface area contributed by atoms with Crippen molar-refractivity contribution in [1.82, 2.24) is 5.32 Å². The molecule has 1 N–H and O–H groups in total. The van der Waals surface area contributed by atoms with Gasteiger partial charge in [0.2, 0.25) is 5.91 Å². The van der Waals surface area contributed by atoms with Gasteiger partial charge in [0, 0.05) is 23.7 Å². The normalized spacial score (nSPS) is 25.5. The van der Waals surface area contributed by atoms with Gasteiger partial charge in [-0.15, -0.1) is 0 Å². The number of hydrogen-bond donors (Lipinski definition) is 1. The molecular formula is C22H18F3N3O3S. The van der Waals surface area contributed by atoms with Gasteiger partial charge >= 0.3 is 12.2 Å². The monoisotopic (exact) mass is 461 g/mol. The molecule has 2 aromatic rings. The molecule has 2 saturated heterocycles. The summed E-state index contributed by atoms with van der Waals surface area (Å²) in [6, 6.07) is 10.2. The van der Waals surface area contributed by atoms with Crippen LogP contribution < -0.4 is 15.1 Å². The fourth-order valence-corrected chi connectivity index (χ4v) is 6.00. The SMILES string of the molecule is O=C1NC(=O)C2(Cc3cc(C(F)(F)F)ccc3N3CCSCC32)C(=O)N1c1ccccc1. The Morgan fingerprint density at radius 1 is 1.06 bits per heavy atom. The fourth-order valence-electron chi connectivity index (χ4n) is 4.82. The maximum absolute atomic E-state index is 13.9. The number of anilines is 2. The highest BCUT2D eigenvalue weighted by atomic mass is 32.2. The molecule has 0 radical (unpaired) electrons. The summed E-state index contributed by atoms with van der Waals surface area (Å²) in [5.41, 5.74) is -1.39. The predicted octanol–water partition coefficient (Wildman–Crippen LogP) is 3.45. The maximum atomic E-state index is 13.9. The maximum Gasteiger partial charge on any atom is 0.416 e. The van der Waals surface area contributed by atoms with Crippen LogP contribution in [-0.2, 0) is 22.2 Å². The molecule has 4 amide bonds. The topological polar surface area (TPSA) is 69.7 Å². The molecule has 5 rings (SSSR count). The molecule has 6 nitrogen and oxygen atoms in total. The van der Waals surface area contributed by atoms with Crippen molar-refractivity contribution in [3.8, 4) is 0 Å². The minimum absolute atomic E-state index is 0.213.